The van der Waals surface area contributed by atoms with Crippen molar-refractivity contribution >= 4 is 34.8 Å². The van der Waals surface area contributed by atoms with Gasteiger partial charge in [-0.05, 0) is 31.7 Å². The van der Waals surface area contributed by atoms with Crippen LogP contribution in [0, 0.1) is 5.92 Å². The third-order valence-corrected chi connectivity index (χ3v) is 4.08. The molecule has 0 saturated carbocycles. The monoisotopic (exact) mass is 303 g/mol. The molecule has 1 atom stereocenters. The fourth-order valence-electron chi connectivity index (χ4n) is 2.29. The maximum absolute atomic E-state index is 6.18. The van der Waals surface area contributed by atoms with Crippen molar-refractivity contribution in [1.29, 1.82) is 0 Å². The van der Waals surface area contributed by atoms with Crippen LogP contribution in [0.2, 0.25) is 10.0 Å². The Morgan fingerprint density at radius 1 is 1.26 bits per heavy atom. The molecular weight excluding hydrogens is 285 g/mol. The largest absolute Gasteiger partial charge is 0.381 e. The normalized spacial score (nSPS) is 18.1. The van der Waals surface area contributed by atoms with Gasteiger partial charge >= 0.3 is 0 Å². The highest BCUT2D eigenvalue weighted by Gasteiger charge is 2.21. The van der Waals surface area contributed by atoms with Gasteiger partial charge in [0, 0.05) is 26.3 Å². The van der Waals surface area contributed by atoms with Gasteiger partial charge in [0.05, 0.1) is 10.0 Å². The molecule has 4 nitrogen and oxygen atoms in total. The summed E-state index contributed by atoms with van der Waals surface area (Å²) in [7, 11) is 1.79. The number of anilines is 2. The summed E-state index contributed by atoms with van der Waals surface area (Å²) in [6.45, 7) is 3.82. The minimum atomic E-state index is 0.305. The highest BCUT2D eigenvalue weighted by atomic mass is 35.5. The zero-order valence-electron chi connectivity index (χ0n) is 11.2. The van der Waals surface area contributed by atoms with E-state index in [1.165, 1.54) is 0 Å². The zero-order valence-corrected chi connectivity index (χ0v) is 12.7. The van der Waals surface area contributed by atoms with Crippen molar-refractivity contribution in [2.75, 3.05) is 30.9 Å². The summed E-state index contributed by atoms with van der Waals surface area (Å²) >= 11 is 12.2. The highest BCUT2D eigenvalue weighted by molar-refractivity contribution is 6.37. The Balaban J connectivity index is 2.09. The summed E-state index contributed by atoms with van der Waals surface area (Å²) < 4.78 is 5.38. The quantitative estimate of drug-likeness (QED) is 0.891. The molecule has 1 aliphatic rings. The smallest absolute Gasteiger partial charge is 0.147 e. The standard InChI is InChI=1S/C13H19Cl2N3O/c1-8(9-3-5-19-6-4-9)17-13-11(15)7-10(14)12(16-2)18-13/h7-9H,3-6H2,1-2H3,(H2,16,17,18). The topological polar surface area (TPSA) is 46.2 Å². The number of pyridine rings is 1. The van der Waals surface area contributed by atoms with Crippen molar-refractivity contribution in [2.24, 2.45) is 5.92 Å². The SMILES string of the molecule is CNc1nc(NC(C)C2CCOCC2)c(Cl)cc1Cl. The van der Waals surface area contributed by atoms with Crippen molar-refractivity contribution in [3.8, 4) is 0 Å². The van der Waals surface area contributed by atoms with Crippen molar-refractivity contribution < 1.29 is 4.74 Å². The van der Waals surface area contributed by atoms with Crippen molar-refractivity contribution in [3.05, 3.63) is 16.1 Å². The fraction of sp³-hybridized carbons (Fsp3) is 0.615. The molecule has 1 aromatic heterocycles. The number of halogens is 2. The summed E-state index contributed by atoms with van der Waals surface area (Å²) in [5.74, 6) is 1.89. The molecule has 1 aliphatic heterocycles. The van der Waals surface area contributed by atoms with E-state index < -0.39 is 0 Å². The van der Waals surface area contributed by atoms with Crippen molar-refractivity contribution in [1.82, 2.24) is 4.98 Å². The number of aromatic nitrogens is 1. The van der Waals surface area contributed by atoms with Crippen LogP contribution in [0.1, 0.15) is 19.8 Å². The highest BCUT2D eigenvalue weighted by Crippen LogP contribution is 2.30. The van der Waals surface area contributed by atoms with Crippen LogP contribution < -0.4 is 10.6 Å². The Bertz CT molecular complexity index is 436. The van der Waals surface area contributed by atoms with Crippen LogP contribution in [-0.4, -0.2) is 31.3 Å². The van der Waals surface area contributed by atoms with E-state index in [0.717, 1.165) is 26.1 Å². The Kier molecular flexibility index (Phi) is 5.13. The van der Waals surface area contributed by atoms with Gasteiger partial charge in [0.2, 0.25) is 0 Å². The first kappa shape index (κ1) is 14.7. The molecule has 0 spiro atoms. The maximum Gasteiger partial charge on any atom is 0.147 e. The average molecular weight is 304 g/mol. The van der Waals surface area contributed by atoms with E-state index in [4.69, 9.17) is 27.9 Å². The third kappa shape index (κ3) is 3.65. The predicted octanol–water partition coefficient (Wildman–Crippen LogP) is 3.66. The zero-order chi connectivity index (χ0) is 13.8. The maximum atomic E-state index is 6.18. The Hall–Kier alpha value is -0.710. The predicted molar refractivity (Wildman–Crippen MR) is 80.4 cm³/mol. The second-order valence-electron chi connectivity index (χ2n) is 4.78. The van der Waals surface area contributed by atoms with Gasteiger partial charge in [-0.15, -0.1) is 0 Å². The van der Waals surface area contributed by atoms with Crippen molar-refractivity contribution in [3.63, 3.8) is 0 Å². The molecule has 0 radical (unpaired) electrons. The third-order valence-electron chi connectivity index (χ3n) is 3.50. The van der Waals surface area contributed by atoms with E-state index in [2.05, 4.69) is 22.5 Å². The first-order chi connectivity index (χ1) is 9.11. The molecule has 6 heteroatoms. The van der Waals surface area contributed by atoms with Gasteiger partial charge in [-0.1, -0.05) is 23.2 Å². The van der Waals surface area contributed by atoms with Crippen LogP contribution in [0.3, 0.4) is 0 Å². The minimum absolute atomic E-state index is 0.305. The van der Waals surface area contributed by atoms with E-state index in [1.54, 1.807) is 13.1 Å². The first-order valence-corrected chi connectivity index (χ1v) is 7.25. The average Bonchev–Trinajstić information content (AvgIpc) is 2.42. The molecule has 106 valence electrons. The van der Waals surface area contributed by atoms with E-state index in [0.29, 0.717) is 33.6 Å². The lowest BCUT2D eigenvalue weighted by molar-refractivity contribution is 0.0622. The Morgan fingerprint density at radius 3 is 2.53 bits per heavy atom. The number of hydrogen-bond donors (Lipinski definition) is 2. The van der Waals surface area contributed by atoms with Gasteiger partial charge in [0.1, 0.15) is 11.6 Å². The van der Waals surface area contributed by atoms with E-state index in [1.807, 2.05) is 0 Å². The number of nitrogens with one attached hydrogen (secondary N) is 2. The molecule has 2 N–H and O–H groups in total. The lowest BCUT2D eigenvalue weighted by atomic mass is 9.93. The molecule has 19 heavy (non-hydrogen) atoms. The summed E-state index contributed by atoms with van der Waals surface area (Å²) in [6.07, 6.45) is 2.14. The van der Waals surface area contributed by atoms with Crippen LogP contribution in [0.25, 0.3) is 0 Å². The van der Waals surface area contributed by atoms with Gasteiger partial charge in [-0.3, -0.25) is 0 Å². The molecule has 1 aromatic rings. The fourth-order valence-corrected chi connectivity index (χ4v) is 2.80. The first-order valence-electron chi connectivity index (χ1n) is 6.50. The van der Waals surface area contributed by atoms with Gasteiger partial charge in [-0.25, -0.2) is 4.98 Å². The van der Waals surface area contributed by atoms with Crippen LogP contribution in [0.5, 0.6) is 0 Å². The number of hydrogen-bond acceptors (Lipinski definition) is 4. The van der Waals surface area contributed by atoms with Crippen LogP contribution in [0.4, 0.5) is 11.6 Å². The Labute approximate surface area is 123 Å². The van der Waals surface area contributed by atoms with E-state index in [9.17, 15) is 0 Å². The summed E-state index contributed by atoms with van der Waals surface area (Å²) in [6, 6.07) is 2.01. The molecule has 1 saturated heterocycles. The summed E-state index contributed by atoms with van der Waals surface area (Å²) in [4.78, 5) is 4.41. The van der Waals surface area contributed by atoms with Gasteiger partial charge < -0.3 is 15.4 Å². The lowest BCUT2D eigenvalue weighted by Gasteiger charge is -2.29. The molecule has 2 heterocycles. The van der Waals surface area contributed by atoms with E-state index in [-0.39, 0.29) is 0 Å². The molecule has 0 bridgehead atoms. The molecule has 0 aromatic carbocycles. The van der Waals surface area contributed by atoms with Crippen LogP contribution >= 0.6 is 23.2 Å². The second-order valence-corrected chi connectivity index (χ2v) is 5.60. The van der Waals surface area contributed by atoms with Gasteiger partial charge in [0.25, 0.3) is 0 Å². The summed E-state index contributed by atoms with van der Waals surface area (Å²) in [5.41, 5.74) is 0. The molecular formula is C13H19Cl2N3O. The van der Waals surface area contributed by atoms with Crippen LogP contribution in [0.15, 0.2) is 6.07 Å². The molecule has 1 unspecified atom stereocenters. The molecule has 0 amide bonds. The molecule has 2 rings (SSSR count). The van der Waals surface area contributed by atoms with Crippen molar-refractivity contribution in [2.45, 2.75) is 25.8 Å². The summed E-state index contributed by atoms with van der Waals surface area (Å²) in [5, 5.41) is 7.41. The lowest BCUT2D eigenvalue weighted by Crippen LogP contribution is -2.31. The Morgan fingerprint density at radius 2 is 1.89 bits per heavy atom. The molecule has 1 fully saturated rings. The number of ether oxygens (including phenoxy) is 1. The number of nitrogens with zero attached hydrogens (tertiary/aromatic N) is 1. The second kappa shape index (κ2) is 6.64. The van der Waals surface area contributed by atoms with Crippen LogP contribution in [-0.2, 0) is 4.74 Å². The van der Waals surface area contributed by atoms with E-state index >= 15 is 0 Å². The number of rotatable bonds is 4. The van der Waals surface area contributed by atoms with Gasteiger partial charge in [-0.2, -0.15) is 0 Å². The molecule has 0 aliphatic carbocycles. The van der Waals surface area contributed by atoms with Gasteiger partial charge in [0.15, 0.2) is 0 Å². The minimum Gasteiger partial charge on any atom is -0.381 e.